The zero-order chi connectivity index (χ0) is 11.1. The van der Waals surface area contributed by atoms with E-state index in [0.29, 0.717) is 11.6 Å². The molecule has 0 aliphatic rings. The summed E-state index contributed by atoms with van der Waals surface area (Å²) in [5.41, 5.74) is 6.25. The first-order valence-corrected chi connectivity index (χ1v) is 5.13. The van der Waals surface area contributed by atoms with E-state index >= 15 is 0 Å². The minimum absolute atomic E-state index is 0.210. The molecule has 2 heterocycles. The summed E-state index contributed by atoms with van der Waals surface area (Å²) in [6.07, 6.45) is 1.74. The van der Waals surface area contributed by atoms with Crippen molar-refractivity contribution in [1.29, 1.82) is 0 Å². The molecular formula is C10H13ClN4. The predicted molar refractivity (Wildman–Crippen MR) is 60.1 cm³/mol. The lowest BCUT2D eigenvalue weighted by Crippen LogP contribution is -2.29. The Morgan fingerprint density at radius 2 is 2.20 bits per heavy atom. The van der Waals surface area contributed by atoms with Crippen LogP contribution in [-0.4, -0.2) is 21.1 Å². The van der Waals surface area contributed by atoms with Crippen molar-refractivity contribution in [2.75, 3.05) is 6.54 Å². The Balaban J connectivity index is 2.56. The van der Waals surface area contributed by atoms with Crippen LogP contribution in [0.1, 0.15) is 19.7 Å². The van der Waals surface area contributed by atoms with Crippen LogP contribution in [0.4, 0.5) is 0 Å². The van der Waals surface area contributed by atoms with E-state index < -0.39 is 0 Å². The van der Waals surface area contributed by atoms with E-state index in [1.165, 1.54) is 0 Å². The van der Waals surface area contributed by atoms with Crippen LogP contribution in [0.5, 0.6) is 0 Å². The van der Waals surface area contributed by atoms with E-state index in [1.807, 2.05) is 19.9 Å². The standard InChI is InChI=1S/C10H13ClN4/c1-10(2,6-12)9-13-8-4-3-7(11)5-15(8)14-9/h3-5H,6,12H2,1-2H3. The van der Waals surface area contributed by atoms with E-state index in [4.69, 9.17) is 17.3 Å². The van der Waals surface area contributed by atoms with Crippen molar-refractivity contribution in [3.8, 4) is 0 Å². The maximum absolute atomic E-state index is 5.86. The van der Waals surface area contributed by atoms with Gasteiger partial charge in [-0.2, -0.15) is 5.10 Å². The molecule has 80 valence electrons. The fourth-order valence-corrected chi connectivity index (χ4v) is 1.39. The number of nitrogens with two attached hydrogens (primary N) is 1. The number of hydrogen-bond donors (Lipinski definition) is 1. The van der Waals surface area contributed by atoms with Crippen LogP contribution in [0.25, 0.3) is 5.65 Å². The summed E-state index contributed by atoms with van der Waals surface area (Å²) < 4.78 is 1.68. The van der Waals surface area contributed by atoms with Crippen molar-refractivity contribution >= 4 is 17.2 Å². The van der Waals surface area contributed by atoms with Crippen LogP contribution in [0.2, 0.25) is 5.02 Å². The molecule has 0 aliphatic carbocycles. The zero-order valence-electron chi connectivity index (χ0n) is 8.74. The fourth-order valence-electron chi connectivity index (χ4n) is 1.24. The summed E-state index contributed by atoms with van der Waals surface area (Å²) in [6, 6.07) is 3.64. The van der Waals surface area contributed by atoms with Crippen molar-refractivity contribution in [1.82, 2.24) is 14.6 Å². The number of halogens is 1. The van der Waals surface area contributed by atoms with Crippen LogP contribution >= 0.6 is 11.6 Å². The minimum atomic E-state index is -0.210. The topological polar surface area (TPSA) is 56.2 Å². The van der Waals surface area contributed by atoms with Crippen molar-refractivity contribution in [2.24, 2.45) is 5.73 Å². The van der Waals surface area contributed by atoms with Gasteiger partial charge in [0.15, 0.2) is 11.5 Å². The third-order valence-electron chi connectivity index (χ3n) is 2.41. The first-order valence-electron chi connectivity index (χ1n) is 4.75. The van der Waals surface area contributed by atoms with Gasteiger partial charge in [0.05, 0.1) is 5.02 Å². The van der Waals surface area contributed by atoms with Gasteiger partial charge in [0, 0.05) is 18.2 Å². The lowest BCUT2D eigenvalue weighted by molar-refractivity contribution is 0.502. The van der Waals surface area contributed by atoms with E-state index in [1.54, 1.807) is 16.8 Å². The van der Waals surface area contributed by atoms with Gasteiger partial charge in [-0.25, -0.2) is 9.50 Å². The normalized spacial score (nSPS) is 12.3. The van der Waals surface area contributed by atoms with Crippen molar-refractivity contribution < 1.29 is 0 Å². The Kier molecular flexibility index (Phi) is 2.40. The zero-order valence-corrected chi connectivity index (χ0v) is 9.49. The Bertz CT molecular complexity index is 489. The average Bonchev–Trinajstić information content (AvgIpc) is 2.61. The van der Waals surface area contributed by atoms with E-state index in [2.05, 4.69) is 10.1 Å². The lowest BCUT2D eigenvalue weighted by Gasteiger charge is -2.16. The number of hydrogen-bond acceptors (Lipinski definition) is 3. The summed E-state index contributed by atoms with van der Waals surface area (Å²) in [7, 11) is 0. The molecule has 2 aromatic heterocycles. The third kappa shape index (κ3) is 1.82. The molecule has 0 spiro atoms. The molecule has 0 aliphatic heterocycles. The highest BCUT2D eigenvalue weighted by molar-refractivity contribution is 6.30. The molecule has 0 bridgehead atoms. The van der Waals surface area contributed by atoms with E-state index in [0.717, 1.165) is 11.5 Å². The van der Waals surface area contributed by atoms with Gasteiger partial charge in [-0.3, -0.25) is 0 Å². The Morgan fingerprint density at radius 1 is 1.47 bits per heavy atom. The molecule has 0 saturated heterocycles. The third-order valence-corrected chi connectivity index (χ3v) is 2.63. The number of pyridine rings is 1. The highest BCUT2D eigenvalue weighted by Gasteiger charge is 2.23. The molecule has 2 rings (SSSR count). The van der Waals surface area contributed by atoms with Crippen LogP contribution < -0.4 is 5.73 Å². The largest absolute Gasteiger partial charge is 0.329 e. The molecule has 0 aromatic carbocycles. The summed E-state index contributed by atoms with van der Waals surface area (Å²) in [6.45, 7) is 4.55. The monoisotopic (exact) mass is 224 g/mol. The number of fused-ring (bicyclic) bond motifs is 1. The fraction of sp³-hybridized carbons (Fsp3) is 0.400. The summed E-state index contributed by atoms with van der Waals surface area (Å²) >= 11 is 5.86. The number of aromatic nitrogens is 3. The highest BCUT2D eigenvalue weighted by atomic mass is 35.5. The molecule has 0 amide bonds. The van der Waals surface area contributed by atoms with Gasteiger partial charge >= 0.3 is 0 Å². The predicted octanol–water partition coefficient (Wildman–Crippen LogP) is 1.62. The Labute approximate surface area is 93.1 Å². The molecule has 5 heteroatoms. The van der Waals surface area contributed by atoms with Gasteiger partial charge in [0.25, 0.3) is 0 Å². The van der Waals surface area contributed by atoms with Crippen LogP contribution in [-0.2, 0) is 5.41 Å². The van der Waals surface area contributed by atoms with Crippen LogP contribution in [0.3, 0.4) is 0 Å². The summed E-state index contributed by atoms with van der Waals surface area (Å²) in [5.74, 6) is 0.743. The molecule has 0 fully saturated rings. The second kappa shape index (κ2) is 3.47. The first kappa shape index (κ1) is 10.4. The highest BCUT2D eigenvalue weighted by Crippen LogP contribution is 2.19. The van der Waals surface area contributed by atoms with Crippen molar-refractivity contribution in [3.63, 3.8) is 0 Å². The van der Waals surface area contributed by atoms with E-state index in [9.17, 15) is 0 Å². The molecular weight excluding hydrogens is 212 g/mol. The molecule has 15 heavy (non-hydrogen) atoms. The van der Waals surface area contributed by atoms with Crippen molar-refractivity contribution in [3.05, 3.63) is 29.2 Å². The molecule has 4 nitrogen and oxygen atoms in total. The van der Waals surface area contributed by atoms with Gasteiger partial charge in [0.2, 0.25) is 0 Å². The molecule has 2 aromatic rings. The molecule has 0 unspecified atom stereocenters. The van der Waals surface area contributed by atoms with Crippen LogP contribution in [0.15, 0.2) is 18.3 Å². The number of nitrogens with zero attached hydrogens (tertiary/aromatic N) is 3. The minimum Gasteiger partial charge on any atom is -0.329 e. The first-order chi connectivity index (χ1) is 7.03. The maximum atomic E-state index is 5.86. The second-order valence-electron chi connectivity index (χ2n) is 4.17. The number of rotatable bonds is 2. The van der Waals surface area contributed by atoms with Gasteiger partial charge in [0.1, 0.15) is 0 Å². The second-order valence-corrected chi connectivity index (χ2v) is 4.61. The SMILES string of the molecule is CC(C)(CN)c1nc2ccc(Cl)cn2n1. The molecule has 2 N–H and O–H groups in total. The summed E-state index contributed by atoms with van der Waals surface area (Å²) in [4.78, 5) is 4.41. The van der Waals surface area contributed by atoms with Gasteiger partial charge in [-0.15, -0.1) is 0 Å². The van der Waals surface area contributed by atoms with Crippen molar-refractivity contribution in [2.45, 2.75) is 19.3 Å². The van der Waals surface area contributed by atoms with Gasteiger partial charge < -0.3 is 5.73 Å². The molecule has 0 atom stereocenters. The molecule has 0 saturated carbocycles. The quantitative estimate of drug-likeness (QED) is 0.844. The lowest BCUT2D eigenvalue weighted by atomic mass is 9.93. The van der Waals surface area contributed by atoms with Gasteiger partial charge in [-0.05, 0) is 12.1 Å². The Hall–Kier alpha value is -1.13. The van der Waals surface area contributed by atoms with Crippen LogP contribution in [0, 0.1) is 0 Å². The van der Waals surface area contributed by atoms with E-state index in [-0.39, 0.29) is 5.41 Å². The Morgan fingerprint density at radius 3 is 2.87 bits per heavy atom. The maximum Gasteiger partial charge on any atom is 0.158 e. The van der Waals surface area contributed by atoms with Gasteiger partial charge in [-0.1, -0.05) is 25.4 Å². The summed E-state index contributed by atoms with van der Waals surface area (Å²) in [5, 5.41) is 5.00. The molecule has 0 radical (unpaired) electrons. The smallest absolute Gasteiger partial charge is 0.158 e. The average molecular weight is 225 g/mol.